The minimum absolute atomic E-state index is 0.0591. The predicted molar refractivity (Wildman–Crippen MR) is 87.9 cm³/mol. The van der Waals surface area contributed by atoms with Gasteiger partial charge in [0.25, 0.3) is 0 Å². The van der Waals surface area contributed by atoms with Crippen LogP contribution in [0.5, 0.6) is 5.75 Å². The average molecular weight is 321 g/mol. The molecule has 0 aliphatic rings. The van der Waals surface area contributed by atoms with E-state index >= 15 is 0 Å². The lowest BCUT2D eigenvalue weighted by molar-refractivity contribution is -0.384. The molecule has 0 aliphatic carbocycles. The van der Waals surface area contributed by atoms with E-state index in [1.807, 2.05) is 12.3 Å². The maximum Gasteiger partial charge on any atom is 0.333 e. The standard InChI is InChI=1S/C15H19N3O3S/c1-9(2)15-17-12(8-22-15)10(3)16-11-6-5-7-13(21-4)14(11)18(19)20/h5-10,16H,1-4H3. The smallest absolute Gasteiger partial charge is 0.333 e. The SMILES string of the molecule is COc1cccc(NC(C)c2csc(C(C)C)n2)c1[N+](=O)[O-]. The summed E-state index contributed by atoms with van der Waals surface area (Å²) in [7, 11) is 1.42. The zero-order chi connectivity index (χ0) is 16.3. The summed E-state index contributed by atoms with van der Waals surface area (Å²) in [5.74, 6) is 0.612. The fraction of sp³-hybridized carbons (Fsp3) is 0.400. The molecule has 6 nitrogen and oxygen atoms in total. The first-order valence-corrected chi connectivity index (χ1v) is 7.85. The third-order valence-electron chi connectivity index (χ3n) is 3.25. The molecule has 0 radical (unpaired) electrons. The fourth-order valence-corrected chi connectivity index (χ4v) is 2.99. The van der Waals surface area contributed by atoms with Gasteiger partial charge in [0.15, 0.2) is 5.75 Å². The van der Waals surface area contributed by atoms with Gasteiger partial charge in [-0.15, -0.1) is 11.3 Å². The van der Waals surface area contributed by atoms with Crippen molar-refractivity contribution in [1.29, 1.82) is 0 Å². The van der Waals surface area contributed by atoms with E-state index in [1.165, 1.54) is 7.11 Å². The third-order valence-corrected chi connectivity index (χ3v) is 4.41. The molecule has 0 spiro atoms. The summed E-state index contributed by atoms with van der Waals surface area (Å²) in [5, 5.41) is 17.5. The van der Waals surface area contributed by atoms with Crippen LogP contribution in [0, 0.1) is 10.1 Å². The Hall–Kier alpha value is -2.15. The Morgan fingerprint density at radius 2 is 2.09 bits per heavy atom. The van der Waals surface area contributed by atoms with Gasteiger partial charge in [-0.05, 0) is 19.1 Å². The molecule has 1 N–H and O–H groups in total. The van der Waals surface area contributed by atoms with Gasteiger partial charge in [0, 0.05) is 11.3 Å². The summed E-state index contributed by atoms with van der Waals surface area (Å²) < 4.78 is 5.07. The van der Waals surface area contributed by atoms with Crippen molar-refractivity contribution in [3.8, 4) is 5.75 Å². The van der Waals surface area contributed by atoms with Crippen LogP contribution in [-0.2, 0) is 0 Å². The number of thiazole rings is 1. The molecule has 0 saturated heterocycles. The number of anilines is 1. The molecule has 22 heavy (non-hydrogen) atoms. The van der Waals surface area contributed by atoms with E-state index in [0.717, 1.165) is 10.7 Å². The molecule has 7 heteroatoms. The molecule has 1 aromatic heterocycles. The topological polar surface area (TPSA) is 77.3 Å². The molecule has 0 amide bonds. The lowest BCUT2D eigenvalue weighted by atomic mass is 10.2. The van der Waals surface area contributed by atoms with Gasteiger partial charge in [0.05, 0.1) is 28.8 Å². The highest BCUT2D eigenvalue weighted by Gasteiger charge is 2.22. The Kier molecular flexibility index (Phi) is 4.97. The van der Waals surface area contributed by atoms with E-state index in [4.69, 9.17) is 4.74 Å². The van der Waals surface area contributed by atoms with Crippen LogP contribution >= 0.6 is 11.3 Å². The van der Waals surface area contributed by atoms with Crippen molar-refractivity contribution in [2.24, 2.45) is 0 Å². The van der Waals surface area contributed by atoms with Crippen LogP contribution in [0.3, 0.4) is 0 Å². The molecular weight excluding hydrogens is 302 g/mol. The van der Waals surface area contributed by atoms with Crippen LogP contribution in [0.1, 0.15) is 43.4 Å². The summed E-state index contributed by atoms with van der Waals surface area (Å²) in [5.41, 5.74) is 1.25. The predicted octanol–water partition coefficient (Wildman–Crippen LogP) is 4.36. The van der Waals surface area contributed by atoms with Crippen molar-refractivity contribution in [2.75, 3.05) is 12.4 Å². The number of hydrogen-bond donors (Lipinski definition) is 1. The quantitative estimate of drug-likeness (QED) is 0.632. The van der Waals surface area contributed by atoms with E-state index in [0.29, 0.717) is 11.6 Å². The molecular formula is C15H19N3O3S. The average Bonchev–Trinajstić information content (AvgIpc) is 2.96. The van der Waals surface area contributed by atoms with E-state index in [9.17, 15) is 10.1 Å². The molecule has 0 fully saturated rings. The van der Waals surface area contributed by atoms with Crippen molar-refractivity contribution in [3.63, 3.8) is 0 Å². The molecule has 118 valence electrons. The molecule has 2 aromatic rings. The van der Waals surface area contributed by atoms with Gasteiger partial charge in [-0.25, -0.2) is 4.98 Å². The number of methoxy groups -OCH3 is 1. The van der Waals surface area contributed by atoms with Crippen molar-refractivity contribution in [1.82, 2.24) is 4.98 Å². The number of nitro groups is 1. The maximum absolute atomic E-state index is 11.3. The second-order valence-corrected chi connectivity index (χ2v) is 6.13. The number of nitrogens with one attached hydrogen (secondary N) is 1. The molecule has 1 unspecified atom stereocenters. The van der Waals surface area contributed by atoms with Crippen LogP contribution in [0.25, 0.3) is 0 Å². The molecule has 2 rings (SSSR count). The number of ether oxygens (including phenoxy) is 1. The van der Waals surface area contributed by atoms with Gasteiger partial charge in [0.2, 0.25) is 0 Å². The second kappa shape index (κ2) is 6.74. The summed E-state index contributed by atoms with van der Waals surface area (Å²) in [6.45, 7) is 6.11. The number of nitrogens with zero attached hydrogens (tertiary/aromatic N) is 2. The molecule has 1 aromatic carbocycles. The van der Waals surface area contributed by atoms with Crippen LogP contribution in [-0.4, -0.2) is 17.0 Å². The molecule has 0 saturated carbocycles. The van der Waals surface area contributed by atoms with Gasteiger partial charge in [0.1, 0.15) is 5.69 Å². The first-order valence-electron chi connectivity index (χ1n) is 6.97. The van der Waals surface area contributed by atoms with Crippen molar-refractivity contribution in [3.05, 3.63) is 44.4 Å². The molecule has 1 heterocycles. The fourth-order valence-electron chi connectivity index (χ4n) is 2.06. The number of benzene rings is 1. The van der Waals surface area contributed by atoms with Crippen molar-refractivity contribution < 1.29 is 9.66 Å². The normalized spacial score (nSPS) is 12.2. The Morgan fingerprint density at radius 1 is 1.36 bits per heavy atom. The van der Waals surface area contributed by atoms with Gasteiger partial charge in [-0.1, -0.05) is 19.9 Å². The molecule has 0 aliphatic heterocycles. The minimum Gasteiger partial charge on any atom is -0.490 e. The first kappa shape index (κ1) is 16.2. The molecule has 1 atom stereocenters. The zero-order valence-electron chi connectivity index (χ0n) is 13.0. The van der Waals surface area contributed by atoms with Gasteiger partial charge >= 0.3 is 5.69 Å². The number of para-hydroxylation sites is 1. The van der Waals surface area contributed by atoms with Gasteiger partial charge < -0.3 is 10.1 Å². The zero-order valence-corrected chi connectivity index (χ0v) is 13.8. The van der Waals surface area contributed by atoms with E-state index < -0.39 is 4.92 Å². The van der Waals surface area contributed by atoms with E-state index in [2.05, 4.69) is 24.1 Å². The Morgan fingerprint density at radius 3 is 2.64 bits per heavy atom. The Labute approximate surface area is 133 Å². The van der Waals surface area contributed by atoms with Crippen LogP contribution in [0.4, 0.5) is 11.4 Å². The highest BCUT2D eigenvalue weighted by molar-refractivity contribution is 7.09. The molecule has 0 bridgehead atoms. The Bertz CT molecular complexity index is 670. The van der Waals surface area contributed by atoms with Crippen LogP contribution < -0.4 is 10.1 Å². The Balaban J connectivity index is 2.27. The first-order chi connectivity index (χ1) is 10.4. The number of nitro benzene ring substituents is 1. The number of hydrogen-bond acceptors (Lipinski definition) is 6. The van der Waals surface area contributed by atoms with Crippen LogP contribution in [0.15, 0.2) is 23.6 Å². The highest BCUT2D eigenvalue weighted by Crippen LogP contribution is 2.36. The lowest BCUT2D eigenvalue weighted by Crippen LogP contribution is -2.09. The minimum atomic E-state index is -0.436. The lowest BCUT2D eigenvalue weighted by Gasteiger charge is -2.14. The number of aromatic nitrogens is 1. The summed E-state index contributed by atoms with van der Waals surface area (Å²) in [6, 6.07) is 4.84. The maximum atomic E-state index is 11.3. The number of rotatable bonds is 6. The van der Waals surface area contributed by atoms with E-state index in [1.54, 1.807) is 29.5 Å². The largest absolute Gasteiger partial charge is 0.490 e. The van der Waals surface area contributed by atoms with Gasteiger partial charge in [-0.3, -0.25) is 10.1 Å². The highest BCUT2D eigenvalue weighted by atomic mass is 32.1. The monoisotopic (exact) mass is 321 g/mol. The van der Waals surface area contributed by atoms with Crippen molar-refractivity contribution in [2.45, 2.75) is 32.7 Å². The van der Waals surface area contributed by atoms with Crippen molar-refractivity contribution >= 4 is 22.7 Å². The van der Waals surface area contributed by atoms with Crippen LogP contribution in [0.2, 0.25) is 0 Å². The summed E-state index contributed by atoms with van der Waals surface area (Å²) >= 11 is 1.61. The van der Waals surface area contributed by atoms with E-state index in [-0.39, 0.29) is 17.5 Å². The van der Waals surface area contributed by atoms with Gasteiger partial charge in [-0.2, -0.15) is 0 Å². The second-order valence-electron chi connectivity index (χ2n) is 5.24. The summed E-state index contributed by atoms with van der Waals surface area (Å²) in [6.07, 6.45) is 0. The third kappa shape index (κ3) is 3.36. The summed E-state index contributed by atoms with van der Waals surface area (Å²) in [4.78, 5) is 15.4.